The number of ether oxygens (including phenoxy) is 1. The zero-order chi connectivity index (χ0) is 9.40. The molecule has 3 nitrogen and oxygen atoms in total. The fourth-order valence-corrected chi connectivity index (χ4v) is 0.638. The lowest BCUT2D eigenvalue weighted by Gasteiger charge is -1.95. The van der Waals surface area contributed by atoms with E-state index in [1.54, 1.807) is 18.2 Å². The number of hydrogen-bond acceptors (Lipinski definition) is 3. The molecule has 0 aromatic rings. The summed E-state index contributed by atoms with van der Waals surface area (Å²) in [4.78, 5) is 10.6. The molecule has 68 valence electrons. The van der Waals surface area contributed by atoms with Gasteiger partial charge in [-0.1, -0.05) is 25.2 Å². The first-order valence-electron chi connectivity index (χ1n) is 3.74. The van der Waals surface area contributed by atoms with Crippen molar-refractivity contribution in [3.8, 4) is 0 Å². The number of allylic oxidation sites excluding steroid dienone is 2. The first kappa shape index (κ1) is 10.9. The second-order valence-electron chi connectivity index (χ2n) is 2.35. The normalized spacial score (nSPS) is 13.9. The third-order valence-corrected chi connectivity index (χ3v) is 1.28. The van der Waals surface area contributed by atoms with Gasteiger partial charge in [-0.15, -0.1) is 0 Å². The van der Waals surface area contributed by atoms with Crippen LogP contribution in [0.1, 0.15) is 6.92 Å². The molecule has 0 fully saturated rings. The molecule has 0 bridgehead atoms. The molecule has 1 N–H and O–H groups in total. The van der Waals surface area contributed by atoms with E-state index in [0.29, 0.717) is 0 Å². The highest BCUT2D eigenvalue weighted by atomic mass is 16.5. The highest BCUT2D eigenvalue weighted by Gasteiger charge is 1.93. The van der Waals surface area contributed by atoms with Gasteiger partial charge in [-0.2, -0.15) is 0 Å². The van der Waals surface area contributed by atoms with Crippen molar-refractivity contribution >= 4 is 5.97 Å². The van der Waals surface area contributed by atoms with E-state index in [1.807, 2.05) is 6.92 Å². The van der Waals surface area contributed by atoms with Gasteiger partial charge in [-0.25, -0.2) is 4.79 Å². The maximum absolute atomic E-state index is 10.6. The molecule has 0 heterocycles. The molecule has 0 saturated carbocycles. The summed E-state index contributed by atoms with van der Waals surface area (Å²) in [6.45, 7) is 1.93. The Morgan fingerprint density at radius 1 is 1.58 bits per heavy atom. The number of aliphatic hydroxyl groups is 1. The van der Waals surface area contributed by atoms with Crippen LogP contribution in [0, 0.1) is 5.92 Å². The summed E-state index contributed by atoms with van der Waals surface area (Å²) in [5.41, 5.74) is 0. The predicted octanol–water partition coefficient (Wildman–Crippen LogP) is 0.900. The number of aliphatic hydroxyl groups excluding tert-OH is 1. The summed E-state index contributed by atoms with van der Waals surface area (Å²) in [7, 11) is 1.33. The van der Waals surface area contributed by atoms with Crippen LogP contribution in [0.2, 0.25) is 0 Å². The van der Waals surface area contributed by atoms with E-state index in [1.165, 1.54) is 13.2 Å². The van der Waals surface area contributed by atoms with E-state index >= 15 is 0 Å². The van der Waals surface area contributed by atoms with E-state index in [-0.39, 0.29) is 18.5 Å². The van der Waals surface area contributed by atoms with Gasteiger partial charge in [0.05, 0.1) is 13.7 Å². The van der Waals surface area contributed by atoms with Crippen molar-refractivity contribution in [2.24, 2.45) is 5.92 Å². The van der Waals surface area contributed by atoms with Gasteiger partial charge in [0.15, 0.2) is 0 Å². The Morgan fingerprint density at radius 3 is 2.75 bits per heavy atom. The monoisotopic (exact) mass is 170 g/mol. The van der Waals surface area contributed by atoms with Crippen molar-refractivity contribution < 1.29 is 14.6 Å². The van der Waals surface area contributed by atoms with Gasteiger partial charge in [0, 0.05) is 6.08 Å². The average molecular weight is 170 g/mol. The third-order valence-electron chi connectivity index (χ3n) is 1.28. The molecule has 0 spiro atoms. The molecule has 1 unspecified atom stereocenters. The number of rotatable bonds is 4. The minimum Gasteiger partial charge on any atom is -0.466 e. The maximum atomic E-state index is 10.6. The largest absolute Gasteiger partial charge is 0.466 e. The summed E-state index contributed by atoms with van der Waals surface area (Å²) in [6, 6.07) is 0. The van der Waals surface area contributed by atoms with E-state index in [9.17, 15) is 4.79 Å². The Bertz CT molecular complexity index is 182. The number of esters is 1. The van der Waals surface area contributed by atoms with Crippen LogP contribution < -0.4 is 0 Å². The lowest BCUT2D eigenvalue weighted by molar-refractivity contribution is -0.134. The van der Waals surface area contributed by atoms with Crippen LogP contribution >= 0.6 is 0 Å². The molecule has 3 heteroatoms. The van der Waals surface area contributed by atoms with Crippen molar-refractivity contribution in [1.29, 1.82) is 0 Å². The van der Waals surface area contributed by atoms with Gasteiger partial charge in [0.2, 0.25) is 0 Å². The van der Waals surface area contributed by atoms with E-state index < -0.39 is 0 Å². The number of carbonyl (C=O) groups excluding carboxylic acids is 1. The molecule has 0 radical (unpaired) electrons. The van der Waals surface area contributed by atoms with Gasteiger partial charge in [0.25, 0.3) is 0 Å². The van der Waals surface area contributed by atoms with Crippen molar-refractivity contribution in [3.05, 3.63) is 24.3 Å². The van der Waals surface area contributed by atoms with E-state index in [4.69, 9.17) is 5.11 Å². The molecular weight excluding hydrogens is 156 g/mol. The number of hydrogen-bond donors (Lipinski definition) is 1. The molecule has 0 amide bonds. The second-order valence-corrected chi connectivity index (χ2v) is 2.35. The topological polar surface area (TPSA) is 46.5 Å². The third kappa shape index (κ3) is 5.68. The summed E-state index contributed by atoms with van der Waals surface area (Å²) >= 11 is 0. The van der Waals surface area contributed by atoms with Crippen LogP contribution in [0.15, 0.2) is 24.3 Å². The molecule has 0 aromatic heterocycles. The molecule has 12 heavy (non-hydrogen) atoms. The lowest BCUT2D eigenvalue weighted by atomic mass is 10.1. The van der Waals surface area contributed by atoms with Crippen LogP contribution in [0.5, 0.6) is 0 Å². The smallest absolute Gasteiger partial charge is 0.330 e. The molecule has 1 atom stereocenters. The van der Waals surface area contributed by atoms with Crippen molar-refractivity contribution in [3.63, 3.8) is 0 Å². The summed E-state index contributed by atoms with van der Waals surface area (Å²) < 4.78 is 4.41. The number of carbonyl (C=O) groups is 1. The highest BCUT2D eigenvalue weighted by Crippen LogP contribution is 1.98. The molecule has 0 aliphatic rings. The number of methoxy groups -OCH3 is 1. The Kier molecular flexibility index (Phi) is 6.01. The van der Waals surface area contributed by atoms with Gasteiger partial charge in [-0.3, -0.25) is 0 Å². The Morgan fingerprint density at radius 2 is 2.25 bits per heavy atom. The van der Waals surface area contributed by atoms with Crippen LogP contribution in [-0.2, 0) is 9.53 Å². The minimum atomic E-state index is -0.362. The minimum absolute atomic E-state index is 0.0242. The lowest BCUT2D eigenvalue weighted by Crippen LogP contribution is -1.95. The van der Waals surface area contributed by atoms with Gasteiger partial charge < -0.3 is 9.84 Å². The van der Waals surface area contributed by atoms with E-state index in [0.717, 1.165) is 0 Å². The molecule has 0 aliphatic heterocycles. The van der Waals surface area contributed by atoms with Gasteiger partial charge in [0.1, 0.15) is 0 Å². The van der Waals surface area contributed by atoms with Crippen LogP contribution in [0.25, 0.3) is 0 Å². The average Bonchev–Trinajstić information content (AvgIpc) is 2.10. The fourth-order valence-electron chi connectivity index (χ4n) is 0.638. The fraction of sp³-hybridized carbons (Fsp3) is 0.444. The zero-order valence-electron chi connectivity index (χ0n) is 7.36. The Balaban J connectivity index is 3.82. The standard InChI is InChI=1S/C9H14O3/c1-8(4-3-7-10)5-6-9(11)12-2/h3-6,8,10H,7H2,1-2H3/b4-3-,6-5+. The first-order valence-corrected chi connectivity index (χ1v) is 3.74. The van der Waals surface area contributed by atoms with E-state index in [2.05, 4.69) is 4.74 Å². The van der Waals surface area contributed by atoms with Crippen molar-refractivity contribution in [2.45, 2.75) is 6.92 Å². The van der Waals surface area contributed by atoms with Crippen molar-refractivity contribution in [2.75, 3.05) is 13.7 Å². The second kappa shape index (κ2) is 6.61. The molecule has 0 rings (SSSR count). The predicted molar refractivity (Wildman–Crippen MR) is 46.5 cm³/mol. The molecule has 0 aliphatic carbocycles. The maximum Gasteiger partial charge on any atom is 0.330 e. The molecule has 0 aromatic carbocycles. The summed E-state index contributed by atoms with van der Waals surface area (Å²) in [5, 5.41) is 8.44. The van der Waals surface area contributed by atoms with Gasteiger partial charge in [-0.05, 0) is 5.92 Å². The summed E-state index contributed by atoms with van der Waals surface area (Å²) in [5.74, 6) is -0.226. The Hall–Kier alpha value is -1.09. The summed E-state index contributed by atoms with van der Waals surface area (Å²) in [6.07, 6.45) is 6.51. The highest BCUT2D eigenvalue weighted by molar-refractivity contribution is 5.81. The van der Waals surface area contributed by atoms with Crippen LogP contribution in [-0.4, -0.2) is 24.8 Å². The first-order chi connectivity index (χ1) is 5.70. The quantitative estimate of drug-likeness (QED) is 0.387. The molecule has 0 saturated heterocycles. The SMILES string of the molecule is COC(=O)/C=C/C(C)/C=C\CO. The zero-order valence-corrected chi connectivity index (χ0v) is 7.36. The van der Waals surface area contributed by atoms with Crippen LogP contribution in [0.3, 0.4) is 0 Å². The Labute approximate surface area is 72.3 Å². The molecular formula is C9H14O3. The van der Waals surface area contributed by atoms with Crippen molar-refractivity contribution in [1.82, 2.24) is 0 Å². The van der Waals surface area contributed by atoms with Gasteiger partial charge >= 0.3 is 5.97 Å². The van der Waals surface area contributed by atoms with Crippen LogP contribution in [0.4, 0.5) is 0 Å².